The zero-order valence-corrected chi connectivity index (χ0v) is 17.9. The van der Waals surface area contributed by atoms with E-state index in [2.05, 4.69) is 34.6 Å². The third-order valence-corrected chi connectivity index (χ3v) is 7.18. The molecule has 1 aliphatic heterocycles. The Morgan fingerprint density at radius 2 is 1.81 bits per heavy atom. The number of carbonyl (C=O) groups excluding carboxylic acids is 2. The highest BCUT2D eigenvalue weighted by molar-refractivity contribution is 5.82. The average molecular weight is 367 g/mol. The molecule has 2 aliphatic rings. The van der Waals surface area contributed by atoms with E-state index < -0.39 is 17.5 Å². The molecule has 0 amide bonds. The van der Waals surface area contributed by atoms with Crippen LogP contribution in [-0.4, -0.2) is 24.6 Å². The van der Waals surface area contributed by atoms with Crippen LogP contribution in [0.5, 0.6) is 0 Å². The molecule has 0 aromatic heterocycles. The fourth-order valence-corrected chi connectivity index (χ4v) is 5.10. The van der Waals surface area contributed by atoms with Crippen molar-refractivity contribution in [1.82, 2.24) is 0 Å². The molecule has 1 heterocycles. The SMILES string of the molecule is CCC(C)(C)C1C(C(C)C)CCC1C(C)C(=O)OC1C(=O)OCC1(C)C. The van der Waals surface area contributed by atoms with Crippen LogP contribution in [-0.2, 0) is 19.1 Å². The fourth-order valence-electron chi connectivity index (χ4n) is 5.10. The minimum atomic E-state index is -0.780. The number of rotatable bonds is 6. The van der Waals surface area contributed by atoms with Crippen molar-refractivity contribution >= 4 is 11.9 Å². The second kappa shape index (κ2) is 7.52. The third kappa shape index (κ3) is 3.94. The Morgan fingerprint density at radius 1 is 1.23 bits per heavy atom. The van der Waals surface area contributed by atoms with Gasteiger partial charge >= 0.3 is 11.9 Å². The number of ether oxygens (including phenoxy) is 2. The number of carbonyl (C=O) groups is 2. The number of esters is 2. The van der Waals surface area contributed by atoms with Gasteiger partial charge in [-0.15, -0.1) is 0 Å². The molecule has 5 unspecified atom stereocenters. The molecule has 0 aromatic rings. The van der Waals surface area contributed by atoms with Crippen LogP contribution in [0.25, 0.3) is 0 Å². The molecule has 5 atom stereocenters. The van der Waals surface area contributed by atoms with Crippen molar-refractivity contribution in [3.05, 3.63) is 0 Å². The Balaban J connectivity index is 2.17. The summed E-state index contributed by atoms with van der Waals surface area (Å²) < 4.78 is 10.8. The topological polar surface area (TPSA) is 52.6 Å². The Morgan fingerprint density at radius 3 is 2.27 bits per heavy atom. The minimum absolute atomic E-state index is 0.191. The van der Waals surface area contributed by atoms with Crippen LogP contribution >= 0.6 is 0 Å². The van der Waals surface area contributed by atoms with Gasteiger partial charge in [-0.2, -0.15) is 0 Å². The monoisotopic (exact) mass is 366 g/mol. The Hall–Kier alpha value is -1.06. The van der Waals surface area contributed by atoms with Gasteiger partial charge in [-0.3, -0.25) is 4.79 Å². The molecule has 2 rings (SSSR count). The highest BCUT2D eigenvalue weighted by Gasteiger charge is 2.51. The van der Waals surface area contributed by atoms with E-state index in [0.29, 0.717) is 30.3 Å². The molecule has 1 saturated heterocycles. The minimum Gasteiger partial charge on any atom is -0.462 e. The summed E-state index contributed by atoms with van der Waals surface area (Å²) in [4.78, 5) is 24.9. The van der Waals surface area contributed by atoms with Gasteiger partial charge in [0.05, 0.1) is 5.92 Å². The van der Waals surface area contributed by atoms with E-state index in [1.807, 2.05) is 20.8 Å². The normalized spacial score (nSPS) is 32.6. The largest absolute Gasteiger partial charge is 0.462 e. The molecule has 1 saturated carbocycles. The molecule has 26 heavy (non-hydrogen) atoms. The Kier molecular flexibility index (Phi) is 6.14. The number of hydrogen-bond donors (Lipinski definition) is 0. The lowest BCUT2D eigenvalue weighted by atomic mass is 9.63. The maximum atomic E-state index is 12.9. The molecule has 0 spiro atoms. The van der Waals surface area contributed by atoms with Gasteiger partial charge < -0.3 is 9.47 Å². The Labute approximate surface area is 159 Å². The molecular formula is C22H38O4. The van der Waals surface area contributed by atoms with E-state index in [1.165, 1.54) is 6.42 Å². The van der Waals surface area contributed by atoms with E-state index in [4.69, 9.17) is 9.47 Å². The van der Waals surface area contributed by atoms with Crippen LogP contribution in [0.1, 0.15) is 74.7 Å². The van der Waals surface area contributed by atoms with E-state index in [-0.39, 0.29) is 17.3 Å². The van der Waals surface area contributed by atoms with Crippen LogP contribution in [0.15, 0.2) is 0 Å². The lowest BCUT2D eigenvalue weighted by molar-refractivity contribution is -0.168. The molecule has 0 aromatic carbocycles. The summed E-state index contributed by atoms with van der Waals surface area (Å²) in [7, 11) is 0. The van der Waals surface area contributed by atoms with Crippen LogP contribution in [0.2, 0.25) is 0 Å². The first kappa shape index (κ1) is 21.2. The standard InChI is InChI=1S/C22H38O4/c1-9-21(5,6)17-15(13(2)3)10-11-16(17)14(4)19(23)26-18-20(24)25-12-22(18,7)8/h13-18H,9-12H2,1-8H3. The van der Waals surface area contributed by atoms with Gasteiger partial charge in [-0.25, -0.2) is 4.79 Å². The van der Waals surface area contributed by atoms with Crippen molar-refractivity contribution < 1.29 is 19.1 Å². The summed E-state index contributed by atoms with van der Waals surface area (Å²) in [6, 6.07) is 0. The summed E-state index contributed by atoms with van der Waals surface area (Å²) >= 11 is 0. The highest BCUT2D eigenvalue weighted by Crippen LogP contribution is 2.54. The van der Waals surface area contributed by atoms with E-state index in [0.717, 1.165) is 12.8 Å². The average Bonchev–Trinajstić information content (AvgIpc) is 3.11. The van der Waals surface area contributed by atoms with Gasteiger partial charge in [0.1, 0.15) is 6.61 Å². The highest BCUT2D eigenvalue weighted by atomic mass is 16.6. The lowest BCUT2D eigenvalue weighted by Crippen LogP contribution is -2.41. The van der Waals surface area contributed by atoms with Crippen molar-refractivity contribution in [2.24, 2.45) is 40.4 Å². The predicted octanol–water partition coefficient (Wildman–Crippen LogP) is 4.85. The molecule has 2 fully saturated rings. The number of cyclic esters (lactones) is 1. The van der Waals surface area contributed by atoms with Crippen molar-refractivity contribution in [2.45, 2.75) is 80.8 Å². The molecule has 4 nitrogen and oxygen atoms in total. The van der Waals surface area contributed by atoms with Gasteiger partial charge in [-0.1, -0.05) is 61.8 Å². The summed E-state index contributed by atoms with van der Waals surface area (Å²) in [5, 5.41) is 0. The number of hydrogen-bond acceptors (Lipinski definition) is 4. The zero-order chi connectivity index (χ0) is 19.9. The first-order valence-corrected chi connectivity index (χ1v) is 10.3. The first-order valence-electron chi connectivity index (χ1n) is 10.3. The quantitative estimate of drug-likeness (QED) is 0.630. The predicted molar refractivity (Wildman–Crippen MR) is 102 cm³/mol. The summed E-state index contributed by atoms with van der Waals surface area (Å²) in [6.45, 7) is 17.6. The summed E-state index contributed by atoms with van der Waals surface area (Å²) in [5.74, 6) is 1.21. The van der Waals surface area contributed by atoms with E-state index >= 15 is 0 Å². The van der Waals surface area contributed by atoms with Crippen LogP contribution in [0.3, 0.4) is 0 Å². The van der Waals surface area contributed by atoms with Crippen molar-refractivity contribution in [3.63, 3.8) is 0 Å². The van der Waals surface area contributed by atoms with E-state index in [9.17, 15) is 9.59 Å². The summed E-state index contributed by atoms with van der Waals surface area (Å²) in [5.41, 5.74) is -0.263. The fraction of sp³-hybridized carbons (Fsp3) is 0.909. The van der Waals surface area contributed by atoms with Gasteiger partial charge in [0, 0.05) is 5.41 Å². The van der Waals surface area contributed by atoms with Gasteiger partial charge in [0.2, 0.25) is 6.10 Å². The van der Waals surface area contributed by atoms with Crippen LogP contribution < -0.4 is 0 Å². The molecular weight excluding hydrogens is 328 g/mol. The maximum absolute atomic E-state index is 12.9. The van der Waals surface area contributed by atoms with Crippen molar-refractivity contribution in [1.29, 1.82) is 0 Å². The second-order valence-electron chi connectivity index (χ2n) is 10.2. The molecule has 150 valence electrons. The smallest absolute Gasteiger partial charge is 0.348 e. The maximum Gasteiger partial charge on any atom is 0.348 e. The van der Waals surface area contributed by atoms with Crippen molar-refractivity contribution in [2.75, 3.05) is 6.61 Å². The molecule has 0 N–H and O–H groups in total. The van der Waals surface area contributed by atoms with Crippen LogP contribution in [0, 0.1) is 40.4 Å². The first-order chi connectivity index (χ1) is 11.9. The van der Waals surface area contributed by atoms with Gasteiger partial charge in [-0.05, 0) is 41.9 Å². The van der Waals surface area contributed by atoms with Crippen LogP contribution in [0.4, 0.5) is 0 Å². The third-order valence-electron chi connectivity index (χ3n) is 7.18. The Bertz CT molecular complexity index is 534. The lowest BCUT2D eigenvalue weighted by Gasteiger charge is -2.42. The summed E-state index contributed by atoms with van der Waals surface area (Å²) in [6.07, 6.45) is 2.55. The van der Waals surface area contributed by atoms with Gasteiger partial charge in [0.25, 0.3) is 0 Å². The van der Waals surface area contributed by atoms with E-state index in [1.54, 1.807) is 0 Å². The van der Waals surface area contributed by atoms with Crippen molar-refractivity contribution in [3.8, 4) is 0 Å². The molecule has 0 bridgehead atoms. The van der Waals surface area contributed by atoms with Gasteiger partial charge in [0.15, 0.2) is 0 Å². The molecule has 4 heteroatoms. The molecule has 0 radical (unpaired) electrons. The molecule has 1 aliphatic carbocycles. The second-order valence-corrected chi connectivity index (χ2v) is 10.2. The zero-order valence-electron chi connectivity index (χ0n) is 17.9.